The lowest BCUT2D eigenvalue weighted by Gasteiger charge is -2.04. The van der Waals surface area contributed by atoms with Crippen LogP contribution in [0.4, 0.5) is 0 Å². The average Bonchev–Trinajstić information content (AvgIpc) is 2.01. The van der Waals surface area contributed by atoms with Crippen molar-refractivity contribution in [3.8, 4) is 5.75 Å². The second kappa shape index (κ2) is 4.12. The monoisotopic (exact) mass is 165 g/mol. The number of aryl methyl sites for hydroxylation is 1. The highest BCUT2D eigenvalue weighted by Crippen LogP contribution is 2.12. The molecule has 2 nitrogen and oxygen atoms in total. The van der Waals surface area contributed by atoms with Gasteiger partial charge in [-0.15, -0.1) is 0 Å². The van der Waals surface area contributed by atoms with Crippen LogP contribution < -0.4 is 5.73 Å². The maximum absolute atomic E-state index is 9.15. The lowest BCUT2D eigenvalue weighted by Crippen LogP contribution is -2.15. The van der Waals surface area contributed by atoms with Crippen LogP contribution in [0.2, 0.25) is 0 Å². The van der Waals surface area contributed by atoms with Gasteiger partial charge in [0.2, 0.25) is 0 Å². The van der Waals surface area contributed by atoms with Crippen LogP contribution in [0.3, 0.4) is 0 Å². The van der Waals surface area contributed by atoms with Crippen molar-refractivity contribution in [2.45, 2.75) is 25.8 Å². The third-order valence-electron chi connectivity index (χ3n) is 1.80. The molecule has 0 aliphatic carbocycles. The Morgan fingerprint density at radius 2 is 2.25 bits per heavy atom. The smallest absolute Gasteiger partial charge is 0.115 e. The summed E-state index contributed by atoms with van der Waals surface area (Å²) in [5.74, 6) is 0.331. The molecule has 2 heteroatoms. The van der Waals surface area contributed by atoms with Crippen LogP contribution >= 0.6 is 0 Å². The third-order valence-corrected chi connectivity index (χ3v) is 1.80. The molecule has 66 valence electrons. The van der Waals surface area contributed by atoms with Crippen LogP contribution in [0.15, 0.2) is 24.3 Å². The minimum Gasteiger partial charge on any atom is -0.508 e. The van der Waals surface area contributed by atoms with Crippen LogP contribution in [0.5, 0.6) is 5.75 Å². The van der Waals surface area contributed by atoms with Gasteiger partial charge >= 0.3 is 0 Å². The molecule has 0 bridgehead atoms. The fraction of sp³-hybridized carbons (Fsp3) is 0.400. The van der Waals surface area contributed by atoms with Gasteiger partial charge in [0.05, 0.1) is 0 Å². The topological polar surface area (TPSA) is 46.2 Å². The highest BCUT2D eigenvalue weighted by Gasteiger charge is 1.97. The minimum absolute atomic E-state index is 0.229. The van der Waals surface area contributed by atoms with Gasteiger partial charge in [-0.1, -0.05) is 12.1 Å². The van der Waals surface area contributed by atoms with Crippen LogP contribution in [0.1, 0.15) is 18.9 Å². The molecule has 1 aromatic carbocycles. The van der Waals surface area contributed by atoms with E-state index in [0.29, 0.717) is 5.75 Å². The summed E-state index contributed by atoms with van der Waals surface area (Å²) in [7, 11) is 0. The molecule has 1 unspecified atom stereocenters. The van der Waals surface area contributed by atoms with Crippen LogP contribution in [-0.2, 0) is 6.42 Å². The number of aromatic hydroxyl groups is 1. The summed E-state index contributed by atoms with van der Waals surface area (Å²) in [5, 5.41) is 9.15. The molecule has 3 N–H and O–H groups in total. The summed E-state index contributed by atoms with van der Waals surface area (Å²) >= 11 is 0. The van der Waals surface area contributed by atoms with E-state index in [1.807, 2.05) is 19.1 Å². The number of nitrogens with two attached hydrogens (primary N) is 1. The van der Waals surface area contributed by atoms with Gasteiger partial charge in [0.1, 0.15) is 5.75 Å². The zero-order chi connectivity index (χ0) is 8.97. The van der Waals surface area contributed by atoms with Crippen LogP contribution in [0, 0.1) is 0 Å². The molecule has 1 rings (SSSR count). The van der Waals surface area contributed by atoms with E-state index in [2.05, 4.69) is 0 Å². The first kappa shape index (κ1) is 9.07. The van der Waals surface area contributed by atoms with Gasteiger partial charge in [0.15, 0.2) is 0 Å². The lowest BCUT2D eigenvalue weighted by molar-refractivity contribution is 0.474. The van der Waals surface area contributed by atoms with E-state index in [9.17, 15) is 0 Å². The second-order valence-corrected chi connectivity index (χ2v) is 3.19. The van der Waals surface area contributed by atoms with Crippen molar-refractivity contribution in [2.24, 2.45) is 5.73 Å². The van der Waals surface area contributed by atoms with Gasteiger partial charge < -0.3 is 10.8 Å². The Labute approximate surface area is 73.0 Å². The molecule has 0 aromatic heterocycles. The maximum atomic E-state index is 9.15. The highest BCUT2D eigenvalue weighted by atomic mass is 16.3. The second-order valence-electron chi connectivity index (χ2n) is 3.19. The van der Waals surface area contributed by atoms with Crippen LogP contribution in [-0.4, -0.2) is 11.1 Å². The molecule has 0 aliphatic heterocycles. The quantitative estimate of drug-likeness (QED) is 0.715. The van der Waals surface area contributed by atoms with Gasteiger partial charge in [0.25, 0.3) is 0 Å². The van der Waals surface area contributed by atoms with Gasteiger partial charge in [-0.3, -0.25) is 0 Å². The van der Waals surface area contributed by atoms with Crippen molar-refractivity contribution < 1.29 is 5.11 Å². The largest absolute Gasteiger partial charge is 0.508 e. The Morgan fingerprint density at radius 1 is 1.50 bits per heavy atom. The van der Waals surface area contributed by atoms with Crippen LogP contribution in [0.25, 0.3) is 0 Å². The van der Waals surface area contributed by atoms with Crippen molar-refractivity contribution in [1.29, 1.82) is 0 Å². The summed E-state index contributed by atoms with van der Waals surface area (Å²) in [4.78, 5) is 0. The lowest BCUT2D eigenvalue weighted by atomic mass is 10.1. The van der Waals surface area contributed by atoms with Gasteiger partial charge in [-0.25, -0.2) is 0 Å². The van der Waals surface area contributed by atoms with E-state index in [0.717, 1.165) is 18.4 Å². The fourth-order valence-corrected chi connectivity index (χ4v) is 1.11. The molecule has 0 saturated carbocycles. The minimum atomic E-state index is 0.229. The summed E-state index contributed by atoms with van der Waals surface area (Å²) in [6, 6.07) is 7.54. The number of phenols is 1. The van der Waals surface area contributed by atoms with Crippen molar-refractivity contribution in [2.75, 3.05) is 0 Å². The standard InChI is InChI=1S/C10H15NO/c1-8(11)5-6-9-3-2-4-10(12)7-9/h2-4,7-8,12H,5-6,11H2,1H3. The van der Waals surface area contributed by atoms with E-state index in [4.69, 9.17) is 10.8 Å². The molecular weight excluding hydrogens is 150 g/mol. The Kier molecular flexibility index (Phi) is 3.11. The van der Waals surface area contributed by atoms with E-state index in [1.54, 1.807) is 12.1 Å². The summed E-state index contributed by atoms with van der Waals surface area (Å²) in [6.45, 7) is 1.99. The molecule has 0 aliphatic rings. The summed E-state index contributed by atoms with van der Waals surface area (Å²) in [6.07, 6.45) is 1.90. The highest BCUT2D eigenvalue weighted by molar-refractivity contribution is 5.27. The molecule has 1 aromatic rings. The van der Waals surface area contributed by atoms with Gasteiger partial charge in [-0.2, -0.15) is 0 Å². The van der Waals surface area contributed by atoms with Gasteiger partial charge in [-0.05, 0) is 37.5 Å². The number of benzene rings is 1. The predicted octanol–water partition coefficient (Wildman–Crippen LogP) is 1.67. The zero-order valence-electron chi connectivity index (χ0n) is 7.33. The maximum Gasteiger partial charge on any atom is 0.115 e. The van der Waals surface area contributed by atoms with Crippen molar-refractivity contribution in [3.05, 3.63) is 29.8 Å². The van der Waals surface area contributed by atoms with Crippen molar-refractivity contribution in [3.63, 3.8) is 0 Å². The molecule has 0 fully saturated rings. The predicted molar refractivity (Wildman–Crippen MR) is 50.1 cm³/mol. The third kappa shape index (κ3) is 2.93. The molecular formula is C10H15NO. The Balaban J connectivity index is 2.52. The molecule has 0 radical (unpaired) electrons. The molecule has 0 spiro atoms. The van der Waals surface area contributed by atoms with E-state index in [1.165, 1.54) is 0 Å². The molecule has 12 heavy (non-hydrogen) atoms. The average molecular weight is 165 g/mol. The SMILES string of the molecule is CC(N)CCc1cccc(O)c1. The van der Waals surface area contributed by atoms with Gasteiger partial charge in [0, 0.05) is 6.04 Å². The molecule has 1 atom stereocenters. The first-order valence-electron chi connectivity index (χ1n) is 4.22. The Bertz CT molecular complexity index is 245. The van der Waals surface area contributed by atoms with Crippen molar-refractivity contribution in [1.82, 2.24) is 0 Å². The number of phenolic OH excluding ortho intramolecular Hbond substituents is 1. The van der Waals surface area contributed by atoms with E-state index >= 15 is 0 Å². The van der Waals surface area contributed by atoms with E-state index in [-0.39, 0.29) is 6.04 Å². The first-order valence-corrected chi connectivity index (χ1v) is 4.22. The Morgan fingerprint density at radius 3 is 2.83 bits per heavy atom. The molecule has 0 amide bonds. The van der Waals surface area contributed by atoms with E-state index < -0.39 is 0 Å². The number of hydrogen-bond donors (Lipinski definition) is 2. The fourth-order valence-electron chi connectivity index (χ4n) is 1.11. The summed E-state index contributed by atoms with van der Waals surface area (Å²) in [5.41, 5.74) is 6.76. The summed E-state index contributed by atoms with van der Waals surface area (Å²) < 4.78 is 0. The first-order chi connectivity index (χ1) is 5.68. The number of rotatable bonds is 3. The Hall–Kier alpha value is -1.02. The number of hydrogen-bond acceptors (Lipinski definition) is 2. The zero-order valence-corrected chi connectivity index (χ0v) is 7.33. The normalized spacial score (nSPS) is 12.8. The molecule has 0 saturated heterocycles. The molecule has 0 heterocycles. The van der Waals surface area contributed by atoms with Crippen molar-refractivity contribution >= 4 is 0 Å².